The molecule has 1 amide bonds. The molecule has 3 nitrogen and oxygen atoms in total. The lowest BCUT2D eigenvalue weighted by Gasteiger charge is -2.07. The summed E-state index contributed by atoms with van der Waals surface area (Å²) in [5, 5.41) is 2.60. The van der Waals surface area contributed by atoms with E-state index in [0.717, 1.165) is 0 Å². The number of carbonyl (C=O) groups excluding carboxylic acids is 1. The zero-order chi connectivity index (χ0) is 11.4. The zero-order valence-electron chi connectivity index (χ0n) is 8.26. The van der Waals surface area contributed by atoms with Crippen LogP contribution in [0, 0.1) is 5.82 Å². The molecular formula is C10H12BrFN2O. The van der Waals surface area contributed by atoms with Crippen LogP contribution in [0.5, 0.6) is 0 Å². The number of halogens is 2. The van der Waals surface area contributed by atoms with E-state index in [2.05, 4.69) is 21.2 Å². The first-order chi connectivity index (χ1) is 7.00. The second-order valence-corrected chi connectivity index (χ2v) is 4.17. The highest BCUT2D eigenvalue weighted by atomic mass is 79.9. The van der Waals surface area contributed by atoms with Crippen LogP contribution in [-0.2, 0) is 0 Å². The molecule has 1 aromatic carbocycles. The largest absolute Gasteiger partial charge is 0.350 e. The standard InChI is InChI=1S/C10H12BrFN2O/c1-6(13)5-14-10(15)7-2-3-8(11)9(12)4-7/h2-4,6H,5,13H2,1H3,(H,14,15). The highest BCUT2D eigenvalue weighted by Crippen LogP contribution is 2.16. The Morgan fingerprint density at radius 3 is 2.87 bits per heavy atom. The van der Waals surface area contributed by atoms with Crippen molar-refractivity contribution in [3.05, 3.63) is 34.1 Å². The molecule has 0 heterocycles. The minimum absolute atomic E-state index is 0.116. The number of benzene rings is 1. The molecule has 82 valence electrons. The number of nitrogens with one attached hydrogen (secondary N) is 1. The Morgan fingerprint density at radius 2 is 2.33 bits per heavy atom. The van der Waals surface area contributed by atoms with Crippen LogP contribution in [0.2, 0.25) is 0 Å². The number of carbonyl (C=O) groups is 1. The van der Waals surface area contributed by atoms with Crippen molar-refractivity contribution in [2.45, 2.75) is 13.0 Å². The van der Waals surface area contributed by atoms with Gasteiger partial charge in [0.1, 0.15) is 5.82 Å². The normalized spacial score (nSPS) is 12.3. The van der Waals surface area contributed by atoms with Crippen LogP contribution < -0.4 is 11.1 Å². The van der Waals surface area contributed by atoms with Gasteiger partial charge in [-0.05, 0) is 41.1 Å². The van der Waals surface area contributed by atoms with Crippen LogP contribution in [0.1, 0.15) is 17.3 Å². The van der Waals surface area contributed by atoms with Gasteiger partial charge in [-0.25, -0.2) is 4.39 Å². The fourth-order valence-corrected chi connectivity index (χ4v) is 1.24. The molecule has 0 saturated heterocycles. The Balaban J connectivity index is 2.70. The third-order valence-corrected chi connectivity index (χ3v) is 2.41. The summed E-state index contributed by atoms with van der Waals surface area (Å²) >= 11 is 3.01. The number of nitrogens with two attached hydrogens (primary N) is 1. The van der Waals surface area contributed by atoms with Crippen LogP contribution in [-0.4, -0.2) is 18.5 Å². The Kier molecular flexibility index (Phi) is 4.23. The molecule has 5 heteroatoms. The van der Waals surface area contributed by atoms with E-state index in [1.807, 2.05) is 0 Å². The molecule has 1 atom stereocenters. The van der Waals surface area contributed by atoms with Gasteiger partial charge in [0, 0.05) is 18.2 Å². The summed E-state index contributed by atoms with van der Waals surface area (Å²) in [6.07, 6.45) is 0. The smallest absolute Gasteiger partial charge is 0.251 e. The highest BCUT2D eigenvalue weighted by molar-refractivity contribution is 9.10. The molecule has 0 bridgehead atoms. The quantitative estimate of drug-likeness (QED) is 0.881. The molecule has 0 aliphatic heterocycles. The number of hydrogen-bond acceptors (Lipinski definition) is 2. The molecule has 1 rings (SSSR count). The fourth-order valence-electron chi connectivity index (χ4n) is 0.993. The van der Waals surface area contributed by atoms with E-state index in [1.54, 1.807) is 13.0 Å². The summed E-state index contributed by atoms with van der Waals surface area (Å²) in [5.74, 6) is -0.776. The van der Waals surface area contributed by atoms with Crippen molar-refractivity contribution in [3.8, 4) is 0 Å². The van der Waals surface area contributed by atoms with Crippen molar-refractivity contribution in [1.29, 1.82) is 0 Å². The van der Waals surface area contributed by atoms with Gasteiger partial charge in [-0.15, -0.1) is 0 Å². The van der Waals surface area contributed by atoms with E-state index in [1.165, 1.54) is 12.1 Å². The number of hydrogen-bond donors (Lipinski definition) is 2. The first-order valence-electron chi connectivity index (χ1n) is 4.49. The van der Waals surface area contributed by atoms with Crippen LogP contribution in [0.25, 0.3) is 0 Å². The van der Waals surface area contributed by atoms with Crippen molar-refractivity contribution in [3.63, 3.8) is 0 Å². The topological polar surface area (TPSA) is 55.1 Å². The van der Waals surface area contributed by atoms with Gasteiger partial charge in [0.15, 0.2) is 0 Å². The molecule has 0 fully saturated rings. The summed E-state index contributed by atoms with van der Waals surface area (Å²) in [6, 6.07) is 4.11. The van der Waals surface area contributed by atoms with E-state index in [4.69, 9.17) is 5.73 Å². The molecule has 15 heavy (non-hydrogen) atoms. The van der Waals surface area contributed by atoms with Crippen molar-refractivity contribution in [2.24, 2.45) is 5.73 Å². The van der Waals surface area contributed by atoms with Gasteiger partial charge in [0.25, 0.3) is 5.91 Å². The average Bonchev–Trinajstić information content (AvgIpc) is 2.18. The number of amides is 1. The molecule has 0 aromatic heterocycles. The third-order valence-electron chi connectivity index (χ3n) is 1.77. The molecule has 0 spiro atoms. The molecule has 0 radical (unpaired) electrons. The summed E-state index contributed by atoms with van der Waals surface area (Å²) in [6.45, 7) is 2.15. The minimum Gasteiger partial charge on any atom is -0.350 e. The van der Waals surface area contributed by atoms with Crippen LogP contribution >= 0.6 is 15.9 Å². The van der Waals surface area contributed by atoms with Crippen molar-refractivity contribution < 1.29 is 9.18 Å². The Bertz CT molecular complexity index is 368. The molecule has 0 aliphatic carbocycles. The summed E-state index contributed by atoms with van der Waals surface area (Å²) in [4.78, 5) is 11.5. The molecular weight excluding hydrogens is 263 g/mol. The molecule has 1 unspecified atom stereocenters. The van der Waals surface area contributed by atoms with Gasteiger partial charge in [0.2, 0.25) is 0 Å². The third kappa shape index (κ3) is 3.60. The van der Waals surface area contributed by atoms with Crippen LogP contribution in [0.4, 0.5) is 4.39 Å². The minimum atomic E-state index is -0.455. The lowest BCUT2D eigenvalue weighted by Crippen LogP contribution is -2.35. The second kappa shape index (κ2) is 5.23. The van der Waals surface area contributed by atoms with Crippen molar-refractivity contribution >= 4 is 21.8 Å². The van der Waals surface area contributed by atoms with Gasteiger partial charge >= 0.3 is 0 Å². The van der Waals surface area contributed by atoms with Crippen molar-refractivity contribution in [2.75, 3.05) is 6.54 Å². The van der Waals surface area contributed by atoms with Gasteiger partial charge < -0.3 is 11.1 Å². The maximum atomic E-state index is 13.1. The number of rotatable bonds is 3. The van der Waals surface area contributed by atoms with Gasteiger partial charge in [0.05, 0.1) is 4.47 Å². The lowest BCUT2D eigenvalue weighted by atomic mass is 10.2. The van der Waals surface area contributed by atoms with E-state index >= 15 is 0 Å². The molecule has 1 aromatic rings. The van der Waals surface area contributed by atoms with Crippen LogP contribution in [0.3, 0.4) is 0 Å². The van der Waals surface area contributed by atoms with E-state index in [-0.39, 0.29) is 17.5 Å². The second-order valence-electron chi connectivity index (χ2n) is 3.32. The average molecular weight is 275 g/mol. The first kappa shape index (κ1) is 12.1. The van der Waals surface area contributed by atoms with E-state index in [0.29, 0.717) is 11.0 Å². The SMILES string of the molecule is CC(N)CNC(=O)c1ccc(Br)c(F)c1. The highest BCUT2D eigenvalue weighted by Gasteiger charge is 2.08. The lowest BCUT2D eigenvalue weighted by molar-refractivity contribution is 0.0951. The summed E-state index contributed by atoms with van der Waals surface area (Å²) in [7, 11) is 0. The van der Waals surface area contributed by atoms with Crippen LogP contribution in [0.15, 0.2) is 22.7 Å². The Labute approximate surface area is 96.0 Å². The molecule has 0 saturated carbocycles. The molecule has 0 aliphatic rings. The van der Waals surface area contributed by atoms with E-state index < -0.39 is 5.82 Å². The van der Waals surface area contributed by atoms with E-state index in [9.17, 15) is 9.18 Å². The Morgan fingerprint density at radius 1 is 1.67 bits per heavy atom. The summed E-state index contributed by atoms with van der Waals surface area (Å²) < 4.78 is 13.4. The zero-order valence-corrected chi connectivity index (χ0v) is 9.84. The predicted molar refractivity (Wildman–Crippen MR) is 60.1 cm³/mol. The molecule has 3 N–H and O–H groups in total. The monoisotopic (exact) mass is 274 g/mol. The Hall–Kier alpha value is -0.940. The maximum Gasteiger partial charge on any atom is 0.251 e. The first-order valence-corrected chi connectivity index (χ1v) is 5.29. The van der Waals surface area contributed by atoms with Gasteiger partial charge in [-0.2, -0.15) is 0 Å². The fraction of sp³-hybridized carbons (Fsp3) is 0.300. The predicted octanol–water partition coefficient (Wildman–Crippen LogP) is 1.67. The summed E-state index contributed by atoms with van der Waals surface area (Å²) in [5.41, 5.74) is 5.76. The van der Waals surface area contributed by atoms with Crippen molar-refractivity contribution in [1.82, 2.24) is 5.32 Å². The van der Waals surface area contributed by atoms with Gasteiger partial charge in [-0.3, -0.25) is 4.79 Å². The van der Waals surface area contributed by atoms with Gasteiger partial charge in [-0.1, -0.05) is 0 Å². The maximum absolute atomic E-state index is 13.1.